The Balaban J connectivity index is 2.29. The molecule has 3 heteroatoms. The quantitative estimate of drug-likeness (QED) is 0.824. The maximum absolute atomic E-state index is 6.03. The summed E-state index contributed by atoms with van der Waals surface area (Å²) < 4.78 is 1.22. The average Bonchev–Trinajstić information content (AvgIpc) is 2.34. The van der Waals surface area contributed by atoms with E-state index in [4.69, 9.17) is 5.73 Å². The molecule has 2 rings (SSSR count). The Kier molecular flexibility index (Phi) is 2.10. The van der Waals surface area contributed by atoms with Crippen LogP contribution in [-0.2, 0) is 0 Å². The summed E-state index contributed by atoms with van der Waals surface area (Å²) >= 11 is 5.40. The molecule has 1 nitrogen and oxygen atoms in total. The summed E-state index contributed by atoms with van der Waals surface area (Å²) in [7, 11) is 0. The van der Waals surface area contributed by atoms with Crippen molar-refractivity contribution in [2.45, 2.75) is 32.7 Å². The molecule has 1 saturated carbocycles. The van der Waals surface area contributed by atoms with E-state index >= 15 is 0 Å². The molecule has 0 radical (unpaired) electrons. The Bertz CT molecular complexity index is 323. The maximum Gasteiger partial charge on any atom is 0.0314 e. The standard InChI is InChI=1S/C10H14BrNS/c1-5-6(11)4-7(13-5)8-9(12)10(8,2)3/h4,8-9H,12H2,1-3H3/t8-,9-/m0/s1. The summed E-state index contributed by atoms with van der Waals surface area (Å²) in [5.41, 5.74) is 6.33. The van der Waals surface area contributed by atoms with Gasteiger partial charge in [0.2, 0.25) is 0 Å². The van der Waals surface area contributed by atoms with Crippen LogP contribution in [0.25, 0.3) is 0 Å². The van der Waals surface area contributed by atoms with Crippen LogP contribution in [0.3, 0.4) is 0 Å². The molecule has 0 amide bonds. The van der Waals surface area contributed by atoms with E-state index in [1.807, 2.05) is 11.3 Å². The van der Waals surface area contributed by atoms with E-state index in [1.54, 1.807) is 0 Å². The van der Waals surface area contributed by atoms with E-state index in [9.17, 15) is 0 Å². The Labute approximate surface area is 91.5 Å². The van der Waals surface area contributed by atoms with Crippen molar-refractivity contribution < 1.29 is 0 Å². The summed E-state index contributed by atoms with van der Waals surface area (Å²) in [6.45, 7) is 6.62. The van der Waals surface area contributed by atoms with Crippen LogP contribution in [0.5, 0.6) is 0 Å². The molecule has 1 aromatic heterocycles. The van der Waals surface area contributed by atoms with Crippen molar-refractivity contribution in [2.24, 2.45) is 11.1 Å². The Hall–Kier alpha value is 0.140. The molecule has 2 atom stereocenters. The van der Waals surface area contributed by atoms with Gasteiger partial charge in [-0.2, -0.15) is 0 Å². The van der Waals surface area contributed by atoms with E-state index in [-0.39, 0.29) is 0 Å². The highest BCUT2D eigenvalue weighted by Gasteiger charge is 2.56. The summed E-state index contributed by atoms with van der Waals surface area (Å²) in [5, 5.41) is 0. The molecule has 0 aliphatic heterocycles. The lowest BCUT2D eigenvalue weighted by atomic mass is 10.1. The van der Waals surface area contributed by atoms with Crippen molar-refractivity contribution in [3.63, 3.8) is 0 Å². The van der Waals surface area contributed by atoms with Gasteiger partial charge in [0, 0.05) is 26.2 Å². The lowest BCUT2D eigenvalue weighted by molar-refractivity contribution is 0.601. The maximum atomic E-state index is 6.03. The molecule has 0 bridgehead atoms. The van der Waals surface area contributed by atoms with Crippen LogP contribution < -0.4 is 5.73 Å². The minimum absolute atomic E-state index is 0.302. The molecule has 13 heavy (non-hydrogen) atoms. The summed E-state index contributed by atoms with van der Waals surface area (Å²) in [4.78, 5) is 2.78. The predicted molar refractivity (Wildman–Crippen MR) is 61.3 cm³/mol. The van der Waals surface area contributed by atoms with Gasteiger partial charge in [-0.3, -0.25) is 0 Å². The van der Waals surface area contributed by atoms with Crippen molar-refractivity contribution in [3.8, 4) is 0 Å². The van der Waals surface area contributed by atoms with Crippen molar-refractivity contribution in [1.82, 2.24) is 0 Å². The van der Waals surface area contributed by atoms with E-state index in [0.717, 1.165) is 0 Å². The predicted octanol–water partition coefficient (Wildman–Crippen LogP) is 3.27. The van der Waals surface area contributed by atoms with E-state index < -0.39 is 0 Å². The molecule has 0 saturated heterocycles. The normalized spacial score (nSPS) is 30.5. The number of halogens is 1. The molecule has 1 aromatic rings. The smallest absolute Gasteiger partial charge is 0.0314 e. The highest BCUT2D eigenvalue weighted by molar-refractivity contribution is 9.10. The SMILES string of the molecule is Cc1sc([C@H]2[C@H](N)C2(C)C)cc1Br. The lowest BCUT2D eigenvalue weighted by Gasteiger charge is -1.97. The first-order chi connectivity index (χ1) is 5.94. The monoisotopic (exact) mass is 259 g/mol. The van der Waals surface area contributed by atoms with Crippen molar-refractivity contribution in [2.75, 3.05) is 0 Å². The zero-order chi connectivity index (χ0) is 9.80. The van der Waals surface area contributed by atoms with Crippen LogP contribution in [0.1, 0.15) is 29.5 Å². The summed E-state index contributed by atoms with van der Waals surface area (Å²) in [5.74, 6) is 0.572. The highest BCUT2D eigenvalue weighted by atomic mass is 79.9. The van der Waals surface area contributed by atoms with Crippen LogP contribution in [0.4, 0.5) is 0 Å². The first kappa shape index (κ1) is 9.69. The third-order valence-corrected chi connectivity index (χ3v) is 5.31. The first-order valence-corrected chi connectivity index (χ1v) is 6.07. The second-order valence-electron chi connectivity index (χ2n) is 4.38. The molecular weight excluding hydrogens is 246 g/mol. The third-order valence-electron chi connectivity index (χ3n) is 3.09. The average molecular weight is 260 g/mol. The number of nitrogens with two attached hydrogens (primary N) is 1. The molecule has 1 fully saturated rings. The highest BCUT2D eigenvalue weighted by Crippen LogP contribution is 2.59. The molecule has 0 aromatic carbocycles. The van der Waals surface area contributed by atoms with Gasteiger partial charge in [0.15, 0.2) is 0 Å². The fourth-order valence-electron chi connectivity index (χ4n) is 1.86. The minimum atomic E-state index is 0.302. The number of hydrogen-bond donors (Lipinski definition) is 1. The largest absolute Gasteiger partial charge is 0.327 e. The molecule has 72 valence electrons. The van der Waals surface area contributed by atoms with Gasteiger partial charge < -0.3 is 5.73 Å². The van der Waals surface area contributed by atoms with E-state index in [1.165, 1.54) is 14.2 Å². The van der Waals surface area contributed by atoms with Crippen LogP contribution >= 0.6 is 27.3 Å². The van der Waals surface area contributed by atoms with Gasteiger partial charge in [0.25, 0.3) is 0 Å². The number of thiophene rings is 1. The molecule has 0 spiro atoms. The minimum Gasteiger partial charge on any atom is -0.327 e. The Morgan fingerprint density at radius 2 is 2.08 bits per heavy atom. The second kappa shape index (κ2) is 2.81. The number of rotatable bonds is 1. The Morgan fingerprint density at radius 1 is 1.54 bits per heavy atom. The van der Waals surface area contributed by atoms with Crippen LogP contribution in [0.2, 0.25) is 0 Å². The van der Waals surface area contributed by atoms with Crippen LogP contribution in [0.15, 0.2) is 10.5 Å². The third kappa shape index (κ3) is 1.37. The van der Waals surface area contributed by atoms with Gasteiger partial charge in [0.1, 0.15) is 0 Å². The Morgan fingerprint density at radius 3 is 2.38 bits per heavy atom. The van der Waals surface area contributed by atoms with Gasteiger partial charge in [-0.05, 0) is 34.3 Å². The fraction of sp³-hybridized carbons (Fsp3) is 0.600. The van der Waals surface area contributed by atoms with Gasteiger partial charge in [-0.1, -0.05) is 13.8 Å². The topological polar surface area (TPSA) is 26.0 Å². The molecule has 2 N–H and O–H groups in total. The number of hydrogen-bond acceptors (Lipinski definition) is 2. The van der Waals surface area contributed by atoms with Crippen molar-refractivity contribution >= 4 is 27.3 Å². The van der Waals surface area contributed by atoms with Gasteiger partial charge >= 0.3 is 0 Å². The molecule has 1 aliphatic carbocycles. The summed E-state index contributed by atoms with van der Waals surface area (Å²) in [6, 6.07) is 2.57. The zero-order valence-electron chi connectivity index (χ0n) is 8.10. The van der Waals surface area contributed by atoms with E-state index in [0.29, 0.717) is 17.4 Å². The zero-order valence-corrected chi connectivity index (χ0v) is 10.5. The van der Waals surface area contributed by atoms with Gasteiger partial charge in [-0.15, -0.1) is 11.3 Å². The molecular formula is C10H14BrNS. The van der Waals surface area contributed by atoms with Crippen molar-refractivity contribution in [1.29, 1.82) is 0 Å². The van der Waals surface area contributed by atoms with Crippen LogP contribution in [0, 0.1) is 12.3 Å². The first-order valence-electron chi connectivity index (χ1n) is 4.46. The van der Waals surface area contributed by atoms with E-state index in [2.05, 4.69) is 42.8 Å². The van der Waals surface area contributed by atoms with Crippen molar-refractivity contribution in [3.05, 3.63) is 20.3 Å². The second-order valence-corrected chi connectivity index (χ2v) is 6.52. The number of aryl methyl sites for hydroxylation is 1. The molecule has 0 unspecified atom stereocenters. The molecule has 1 heterocycles. The lowest BCUT2D eigenvalue weighted by Crippen LogP contribution is -2.06. The summed E-state index contributed by atoms with van der Waals surface area (Å²) in [6.07, 6.45) is 0. The fourth-order valence-corrected chi connectivity index (χ4v) is 3.76. The molecule has 1 aliphatic rings. The van der Waals surface area contributed by atoms with Gasteiger partial charge in [-0.25, -0.2) is 0 Å². The van der Waals surface area contributed by atoms with Crippen LogP contribution in [-0.4, -0.2) is 6.04 Å². The van der Waals surface area contributed by atoms with Gasteiger partial charge in [0.05, 0.1) is 0 Å².